The lowest BCUT2D eigenvalue weighted by Gasteiger charge is -2.13. The molecule has 0 atom stereocenters. The highest BCUT2D eigenvalue weighted by Crippen LogP contribution is 2.24. The molecule has 148 valence electrons. The summed E-state index contributed by atoms with van der Waals surface area (Å²) in [5, 5.41) is 9.61. The molecule has 4 aromatic rings. The molecule has 5 nitrogen and oxygen atoms in total. The van der Waals surface area contributed by atoms with Crippen molar-refractivity contribution in [1.82, 2.24) is 19.6 Å². The molecular weight excluding hydrogens is 398 g/mol. The van der Waals surface area contributed by atoms with E-state index in [1.165, 1.54) is 45.8 Å². The molecule has 2 aromatic heterocycles. The molecule has 8 heteroatoms. The summed E-state index contributed by atoms with van der Waals surface area (Å²) in [6.45, 7) is 3.78. The van der Waals surface area contributed by atoms with Crippen molar-refractivity contribution in [3.8, 4) is 5.69 Å². The predicted octanol–water partition coefficient (Wildman–Crippen LogP) is 4.69. The molecule has 2 aromatic carbocycles. The Morgan fingerprint density at radius 1 is 1.10 bits per heavy atom. The third-order valence-electron chi connectivity index (χ3n) is 4.70. The van der Waals surface area contributed by atoms with Crippen LogP contribution in [0.2, 0.25) is 5.02 Å². The average molecular weight is 415 g/mol. The van der Waals surface area contributed by atoms with Crippen molar-refractivity contribution in [1.29, 1.82) is 0 Å². The van der Waals surface area contributed by atoms with Gasteiger partial charge in [0, 0.05) is 16.0 Å². The van der Waals surface area contributed by atoms with Gasteiger partial charge in [-0.25, -0.2) is 18.1 Å². The summed E-state index contributed by atoms with van der Waals surface area (Å²) in [5.74, 6) is -0.905. The molecule has 29 heavy (non-hydrogen) atoms. The Bertz CT molecular complexity index is 1240. The zero-order valence-electron chi connectivity index (χ0n) is 15.7. The molecule has 0 aliphatic carbocycles. The minimum absolute atomic E-state index is 0.00805. The lowest BCUT2D eigenvalue weighted by atomic mass is 10.1. The van der Waals surface area contributed by atoms with E-state index in [1.807, 2.05) is 13.8 Å². The Balaban J connectivity index is 1.96. The second-order valence-electron chi connectivity index (χ2n) is 7.00. The lowest BCUT2D eigenvalue weighted by Crippen LogP contribution is -2.27. The third kappa shape index (κ3) is 3.42. The van der Waals surface area contributed by atoms with Crippen molar-refractivity contribution < 1.29 is 8.78 Å². The van der Waals surface area contributed by atoms with Crippen LogP contribution in [0, 0.1) is 11.6 Å². The van der Waals surface area contributed by atoms with Gasteiger partial charge in [-0.3, -0.25) is 4.79 Å². The monoisotopic (exact) mass is 414 g/mol. The number of nitrogens with zero attached hydrogens (tertiary/aromatic N) is 4. The Morgan fingerprint density at radius 3 is 2.48 bits per heavy atom. The Kier molecular flexibility index (Phi) is 4.92. The smallest absolute Gasteiger partial charge is 0.265 e. The topological polar surface area (TPSA) is 52.7 Å². The number of hydrogen-bond acceptors (Lipinski definition) is 3. The van der Waals surface area contributed by atoms with Gasteiger partial charge >= 0.3 is 0 Å². The minimum atomic E-state index is -0.510. The van der Waals surface area contributed by atoms with Crippen molar-refractivity contribution in [3.63, 3.8) is 0 Å². The molecule has 0 radical (unpaired) electrons. The molecule has 0 aliphatic heterocycles. The van der Waals surface area contributed by atoms with Crippen LogP contribution >= 0.6 is 11.6 Å². The van der Waals surface area contributed by atoms with Crippen LogP contribution in [0.25, 0.3) is 16.6 Å². The molecule has 2 heterocycles. The fourth-order valence-corrected chi connectivity index (χ4v) is 3.46. The highest BCUT2D eigenvalue weighted by molar-refractivity contribution is 6.31. The first-order valence-corrected chi connectivity index (χ1v) is 9.42. The Morgan fingerprint density at radius 2 is 1.83 bits per heavy atom. The molecule has 4 rings (SSSR count). The summed E-state index contributed by atoms with van der Waals surface area (Å²) < 4.78 is 30.2. The van der Waals surface area contributed by atoms with E-state index in [0.29, 0.717) is 22.3 Å². The minimum Gasteiger partial charge on any atom is -0.265 e. The van der Waals surface area contributed by atoms with Crippen molar-refractivity contribution in [3.05, 3.63) is 86.9 Å². The quantitative estimate of drug-likeness (QED) is 0.487. The average Bonchev–Trinajstić information content (AvgIpc) is 3.12. The van der Waals surface area contributed by atoms with Gasteiger partial charge < -0.3 is 0 Å². The normalized spacial score (nSPS) is 11.5. The van der Waals surface area contributed by atoms with Crippen LogP contribution in [-0.2, 0) is 6.54 Å². The van der Waals surface area contributed by atoms with Crippen molar-refractivity contribution in [2.45, 2.75) is 26.3 Å². The number of aromatic nitrogens is 4. The van der Waals surface area contributed by atoms with Gasteiger partial charge in [-0.05, 0) is 42.3 Å². The molecule has 0 N–H and O–H groups in total. The van der Waals surface area contributed by atoms with E-state index in [2.05, 4.69) is 10.2 Å². The first kappa shape index (κ1) is 19.3. The summed E-state index contributed by atoms with van der Waals surface area (Å²) in [4.78, 5) is 13.3. The zero-order valence-corrected chi connectivity index (χ0v) is 16.5. The third-order valence-corrected chi connectivity index (χ3v) is 5.05. The number of fused-ring (bicyclic) bond motifs is 1. The zero-order chi connectivity index (χ0) is 20.7. The van der Waals surface area contributed by atoms with Crippen LogP contribution in [0.5, 0.6) is 0 Å². The number of halogens is 3. The molecule has 0 amide bonds. The highest BCUT2D eigenvalue weighted by Gasteiger charge is 2.20. The molecule has 0 aliphatic rings. The largest absolute Gasteiger partial charge is 0.293 e. The maximum atomic E-state index is 14.3. The summed E-state index contributed by atoms with van der Waals surface area (Å²) in [5.41, 5.74) is 1.23. The fraction of sp³-hybridized carbons (Fsp3) is 0.190. The SMILES string of the molecule is CC(C)c1nn(Cc2c(F)cccc2Cl)c(=O)c2c1cnn2-c1ccc(F)cc1. The van der Waals surface area contributed by atoms with E-state index in [4.69, 9.17) is 11.6 Å². The predicted molar refractivity (Wildman–Crippen MR) is 108 cm³/mol. The van der Waals surface area contributed by atoms with Gasteiger partial charge in [-0.15, -0.1) is 0 Å². The van der Waals surface area contributed by atoms with Crippen LogP contribution in [-0.4, -0.2) is 19.6 Å². The molecule has 0 fully saturated rings. The standard InChI is InChI=1S/C21H17ClF2N4O/c1-12(2)19-15-10-25-28(14-8-6-13(23)7-9-14)20(15)21(29)27(26-19)11-16-17(22)4-3-5-18(16)24/h3-10,12H,11H2,1-2H3. The van der Waals surface area contributed by atoms with Crippen molar-refractivity contribution in [2.24, 2.45) is 0 Å². The van der Waals surface area contributed by atoms with Gasteiger partial charge in [0.05, 0.1) is 24.1 Å². The van der Waals surface area contributed by atoms with E-state index in [1.54, 1.807) is 12.3 Å². The second-order valence-corrected chi connectivity index (χ2v) is 7.41. The molecule has 0 bridgehead atoms. The summed E-state index contributed by atoms with van der Waals surface area (Å²) in [6, 6.07) is 10.0. The summed E-state index contributed by atoms with van der Waals surface area (Å²) >= 11 is 6.14. The maximum absolute atomic E-state index is 14.3. The van der Waals surface area contributed by atoms with Gasteiger partial charge in [0.2, 0.25) is 0 Å². The highest BCUT2D eigenvalue weighted by atomic mass is 35.5. The van der Waals surface area contributed by atoms with Gasteiger partial charge in [0.1, 0.15) is 17.2 Å². The Hall–Kier alpha value is -3.06. The summed E-state index contributed by atoms with van der Waals surface area (Å²) in [6.07, 6.45) is 1.57. The fourth-order valence-electron chi connectivity index (χ4n) is 3.24. The number of rotatable bonds is 4. The van der Waals surface area contributed by atoms with Gasteiger partial charge in [-0.2, -0.15) is 10.2 Å². The van der Waals surface area contributed by atoms with E-state index < -0.39 is 11.4 Å². The van der Waals surface area contributed by atoms with Crippen LogP contribution in [0.3, 0.4) is 0 Å². The van der Waals surface area contributed by atoms with Crippen LogP contribution in [0.15, 0.2) is 53.5 Å². The molecule has 0 spiro atoms. The molecule has 0 unspecified atom stereocenters. The maximum Gasteiger partial charge on any atom is 0.293 e. The first-order valence-electron chi connectivity index (χ1n) is 9.04. The summed E-state index contributed by atoms with van der Waals surface area (Å²) in [7, 11) is 0. The van der Waals surface area contributed by atoms with Crippen molar-refractivity contribution >= 4 is 22.5 Å². The van der Waals surface area contributed by atoms with Crippen LogP contribution in [0.4, 0.5) is 8.78 Å². The Labute approximate surface area is 170 Å². The van der Waals surface area contributed by atoms with E-state index >= 15 is 0 Å². The van der Waals surface area contributed by atoms with Crippen LogP contribution < -0.4 is 5.56 Å². The van der Waals surface area contributed by atoms with Gasteiger partial charge in [0.25, 0.3) is 5.56 Å². The second kappa shape index (κ2) is 7.40. The molecular formula is C21H17ClF2N4O. The van der Waals surface area contributed by atoms with Crippen molar-refractivity contribution in [2.75, 3.05) is 0 Å². The number of benzene rings is 2. The first-order chi connectivity index (χ1) is 13.9. The number of hydrogen-bond donors (Lipinski definition) is 0. The van der Waals surface area contributed by atoms with E-state index in [9.17, 15) is 13.6 Å². The van der Waals surface area contributed by atoms with Gasteiger partial charge in [-0.1, -0.05) is 31.5 Å². The molecule has 0 saturated carbocycles. The van der Waals surface area contributed by atoms with E-state index in [-0.39, 0.29) is 28.9 Å². The lowest BCUT2D eigenvalue weighted by molar-refractivity contribution is 0.564. The van der Waals surface area contributed by atoms with Gasteiger partial charge in [0.15, 0.2) is 0 Å². The van der Waals surface area contributed by atoms with E-state index in [0.717, 1.165) is 0 Å². The van der Waals surface area contributed by atoms with Crippen LogP contribution in [0.1, 0.15) is 31.0 Å². The molecule has 0 saturated heterocycles.